The molecule has 1 saturated carbocycles. The highest BCUT2D eigenvalue weighted by Gasteiger charge is 2.86. The molecule has 4 bridgehead atoms. The van der Waals surface area contributed by atoms with Gasteiger partial charge in [-0.2, -0.15) is 0 Å². The number of phenolic OH excluding ortho intramolecular Hbond substituents is 2. The van der Waals surface area contributed by atoms with Crippen molar-refractivity contribution in [2.45, 2.75) is 109 Å². The minimum atomic E-state index is -1.55. The number of hydrogen-bond donors (Lipinski definition) is 4. The molecule has 2 aliphatic heterocycles. The van der Waals surface area contributed by atoms with E-state index in [1.54, 1.807) is 6.08 Å². The van der Waals surface area contributed by atoms with Gasteiger partial charge in [-0.05, 0) is 86.1 Å². The zero-order chi connectivity index (χ0) is 32.0. The van der Waals surface area contributed by atoms with Crippen molar-refractivity contribution in [1.29, 1.82) is 0 Å². The Bertz CT molecular complexity index is 1600. The van der Waals surface area contributed by atoms with E-state index in [9.17, 15) is 25.2 Å². The Balaban J connectivity index is 1.53. The molecule has 2 heterocycles. The van der Waals surface area contributed by atoms with Crippen LogP contribution in [0.3, 0.4) is 0 Å². The Morgan fingerprint density at radius 1 is 1.00 bits per heavy atom. The number of aliphatic hydroxyl groups excluding tert-OH is 1. The number of phenols is 2. The van der Waals surface area contributed by atoms with E-state index >= 15 is 0 Å². The standard InChI is InChI=1S/C37H46O7/c1-20(2)9-8-10-22(5)12-14-25-30(39)26(13-11-21(3)4)33-29(31(25)40)32(41)27-17-24-18-28-34(6,7)44-35(37(27,28)43-33)16-15-23(19-38)36(24,35)42/h9,11-12,15,17,24,28,38-40,42H,8,10,13-14,16,18-19H2,1-7H3/t24-,28+,35+,36+,37-/m1/s1. The summed E-state index contributed by atoms with van der Waals surface area (Å²) in [6, 6.07) is 0. The SMILES string of the molecule is CC(C)=CCCC(C)=CCc1c(O)c(CC=C(C)C)c2c(c1O)C(=O)C1=C[C@@H]3C[C@H]4C(C)(C)O[C@]5(CC=C(CO)[C@]35O)[C@@]14O2. The average Bonchev–Trinajstić information content (AvgIpc) is 3.33. The van der Waals surface area contributed by atoms with E-state index in [0.717, 1.165) is 24.0 Å². The maximum Gasteiger partial charge on any atom is 0.200 e. The maximum absolute atomic E-state index is 14.7. The fourth-order valence-corrected chi connectivity index (χ4v) is 8.81. The molecule has 7 heteroatoms. The summed E-state index contributed by atoms with van der Waals surface area (Å²) in [5.41, 5.74) is 0.0796. The lowest BCUT2D eigenvalue weighted by Gasteiger charge is -2.62. The topological polar surface area (TPSA) is 116 Å². The van der Waals surface area contributed by atoms with Gasteiger partial charge in [-0.1, -0.05) is 47.1 Å². The van der Waals surface area contributed by atoms with Gasteiger partial charge in [0.25, 0.3) is 0 Å². The van der Waals surface area contributed by atoms with Gasteiger partial charge < -0.3 is 29.9 Å². The lowest BCUT2D eigenvalue weighted by Crippen LogP contribution is -2.77. The lowest BCUT2D eigenvalue weighted by atomic mass is 9.46. The number of aromatic hydroxyl groups is 2. The van der Waals surface area contributed by atoms with Gasteiger partial charge in [0.05, 0.1) is 12.2 Å². The maximum atomic E-state index is 14.7. The van der Waals surface area contributed by atoms with Crippen LogP contribution in [0, 0.1) is 11.8 Å². The number of Topliss-reactive ketones (excluding diaryl/α,β-unsaturated/α-hetero) is 1. The Morgan fingerprint density at radius 3 is 2.34 bits per heavy atom. The zero-order valence-corrected chi connectivity index (χ0v) is 27.0. The molecular formula is C37H46O7. The lowest BCUT2D eigenvalue weighted by molar-refractivity contribution is -0.236. The van der Waals surface area contributed by atoms with Crippen LogP contribution in [-0.2, 0) is 17.6 Å². The highest BCUT2D eigenvalue weighted by Crippen LogP contribution is 2.74. The molecule has 44 heavy (non-hydrogen) atoms. The second-order valence-corrected chi connectivity index (χ2v) is 14.5. The number of hydrogen-bond acceptors (Lipinski definition) is 7. The van der Waals surface area contributed by atoms with Crippen LogP contribution >= 0.6 is 0 Å². The highest BCUT2D eigenvalue weighted by atomic mass is 16.6. The third-order valence-corrected chi connectivity index (χ3v) is 10.9. The number of ether oxygens (including phenoxy) is 2. The Labute approximate surface area is 260 Å². The summed E-state index contributed by atoms with van der Waals surface area (Å²) >= 11 is 0. The molecule has 4 aliphatic carbocycles. The molecule has 1 saturated heterocycles. The second kappa shape index (κ2) is 10.2. The molecule has 0 aromatic heterocycles. The molecule has 2 fully saturated rings. The summed E-state index contributed by atoms with van der Waals surface area (Å²) in [6.07, 6.45) is 12.9. The predicted octanol–water partition coefficient (Wildman–Crippen LogP) is 6.33. The van der Waals surface area contributed by atoms with E-state index in [1.807, 2.05) is 52.8 Å². The number of benzene rings is 1. The van der Waals surface area contributed by atoms with Gasteiger partial charge in [-0.25, -0.2) is 0 Å². The van der Waals surface area contributed by atoms with Gasteiger partial charge in [-0.3, -0.25) is 4.79 Å². The summed E-state index contributed by atoms with van der Waals surface area (Å²) in [4.78, 5) is 14.7. The minimum absolute atomic E-state index is 0.0560. The van der Waals surface area contributed by atoms with Crippen molar-refractivity contribution < 1.29 is 34.7 Å². The number of aliphatic hydroxyl groups is 2. The van der Waals surface area contributed by atoms with Crippen molar-refractivity contribution in [2.24, 2.45) is 11.8 Å². The summed E-state index contributed by atoms with van der Waals surface area (Å²) < 4.78 is 13.9. The average molecular weight is 603 g/mol. The van der Waals surface area contributed by atoms with Crippen molar-refractivity contribution in [2.75, 3.05) is 6.61 Å². The molecule has 0 amide bonds. The van der Waals surface area contributed by atoms with Crippen LogP contribution in [0.1, 0.15) is 95.6 Å². The van der Waals surface area contributed by atoms with Crippen LogP contribution in [-0.4, -0.2) is 55.2 Å². The first-order chi connectivity index (χ1) is 20.7. The molecule has 7 nitrogen and oxygen atoms in total. The third kappa shape index (κ3) is 3.88. The van der Waals surface area contributed by atoms with Crippen LogP contribution in [0.4, 0.5) is 0 Å². The van der Waals surface area contributed by atoms with E-state index < -0.39 is 28.3 Å². The number of fused-ring (bicyclic) bond motifs is 1. The van der Waals surface area contributed by atoms with Gasteiger partial charge in [0.1, 0.15) is 34.0 Å². The Kier molecular flexibility index (Phi) is 7.15. The fourth-order valence-electron chi connectivity index (χ4n) is 8.81. The fraction of sp³-hybridized carbons (Fsp3) is 0.541. The Hall–Kier alpha value is -3.13. The molecule has 6 aliphatic rings. The van der Waals surface area contributed by atoms with E-state index in [0.29, 0.717) is 35.1 Å². The largest absolute Gasteiger partial charge is 0.507 e. The van der Waals surface area contributed by atoms with Crippen molar-refractivity contribution >= 4 is 5.78 Å². The molecule has 1 aromatic carbocycles. The van der Waals surface area contributed by atoms with Gasteiger partial charge in [0.15, 0.2) is 11.4 Å². The number of allylic oxidation sites excluding steroid dienone is 6. The molecule has 4 N–H and O–H groups in total. The van der Waals surface area contributed by atoms with Gasteiger partial charge in [0, 0.05) is 35.0 Å². The monoisotopic (exact) mass is 602 g/mol. The van der Waals surface area contributed by atoms with Crippen molar-refractivity contribution in [3.05, 3.63) is 74.9 Å². The zero-order valence-electron chi connectivity index (χ0n) is 27.0. The van der Waals surface area contributed by atoms with E-state index in [4.69, 9.17) is 9.47 Å². The minimum Gasteiger partial charge on any atom is -0.507 e. The van der Waals surface area contributed by atoms with E-state index in [1.165, 1.54) is 5.57 Å². The summed E-state index contributed by atoms with van der Waals surface area (Å²) in [7, 11) is 0. The van der Waals surface area contributed by atoms with E-state index in [2.05, 4.69) is 19.9 Å². The first-order valence-electron chi connectivity index (χ1n) is 15.9. The van der Waals surface area contributed by atoms with Crippen LogP contribution in [0.2, 0.25) is 0 Å². The highest BCUT2D eigenvalue weighted by molar-refractivity contribution is 6.16. The number of carbonyl (C=O) groups excluding carboxylic acids is 1. The smallest absolute Gasteiger partial charge is 0.200 e. The normalized spacial score (nSPS) is 32.3. The first-order valence-corrected chi connectivity index (χ1v) is 15.9. The van der Waals surface area contributed by atoms with Crippen LogP contribution < -0.4 is 4.74 Å². The molecule has 5 atom stereocenters. The van der Waals surface area contributed by atoms with Gasteiger partial charge in [0.2, 0.25) is 0 Å². The van der Waals surface area contributed by atoms with Crippen molar-refractivity contribution in [1.82, 2.24) is 0 Å². The van der Waals surface area contributed by atoms with Crippen LogP contribution in [0.15, 0.2) is 58.2 Å². The summed E-state index contributed by atoms with van der Waals surface area (Å²) in [5, 5.41) is 46.2. The number of rotatable bonds is 8. The van der Waals surface area contributed by atoms with Gasteiger partial charge >= 0.3 is 0 Å². The Morgan fingerprint density at radius 2 is 1.68 bits per heavy atom. The molecule has 0 unspecified atom stereocenters. The van der Waals surface area contributed by atoms with Crippen molar-refractivity contribution in [3.63, 3.8) is 0 Å². The third-order valence-electron chi connectivity index (χ3n) is 10.9. The number of carbonyl (C=O) groups is 1. The van der Waals surface area contributed by atoms with Crippen molar-refractivity contribution in [3.8, 4) is 17.2 Å². The van der Waals surface area contributed by atoms with E-state index in [-0.39, 0.29) is 54.0 Å². The summed E-state index contributed by atoms with van der Waals surface area (Å²) in [5.74, 6) is -1.31. The molecule has 2 spiro atoms. The predicted molar refractivity (Wildman–Crippen MR) is 169 cm³/mol. The first kappa shape index (κ1) is 30.9. The molecular weight excluding hydrogens is 556 g/mol. The summed E-state index contributed by atoms with van der Waals surface area (Å²) in [6.45, 7) is 13.7. The molecule has 236 valence electrons. The van der Waals surface area contributed by atoms with Gasteiger partial charge in [-0.15, -0.1) is 0 Å². The quantitative estimate of drug-likeness (QED) is 0.257. The molecule has 0 radical (unpaired) electrons. The van der Waals surface area contributed by atoms with Crippen LogP contribution in [0.5, 0.6) is 17.2 Å². The second-order valence-electron chi connectivity index (χ2n) is 14.5. The molecule has 7 rings (SSSR count). The number of ketones is 1. The van der Waals surface area contributed by atoms with Crippen LogP contribution in [0.25, 0.3) is 0 Å². The molecule has 1 aromatic rings.